The number of hydrogen-bond acceptors (Lipinski definition) is 4. The van der Waals surface area contributed by atoms with Gasteiger partial charge in [-0.25, -0.2) is 8.42 Å². The van der Waals surface area contributed by atoms with Gasteiger partial charge in [-0.2, -0.15) is 4.31 Å². The van der Waals surface area contributed by atoms with Crippen LogP contribution in [0.3, 0.4) is 0 Å². The fourth-order valence-corrected chi connectivity index (χ4v) is 3.28. The number of nitrogens with two attached hydrogens (primary N) is 1. The number of benzene rings is 1. The van der Waals surface area contributed by atoms with Crippen molar-refractivity contribution in [2.75, 3.05) is 26.3 Å². The van der Waals surface area contributed by atoms with Gasteiger partial charge in [0.15, 0.2) is 0 Å². The minimum Gasteiger partial charge on any atom is -0.380 e. The van der Waals surface area contributed by atoms with Gasteiger partial charge >= 0.3 is 0 Å². The number of hydrogen-bond donors (Lipinski definition) is 1. The van der Waals surface area contributed by atoms with Crippen LogP contribution >= 0.6 is 0 Å². The zero-order valence-corrected chi connectivity index (χ0v) is 13.2. The lowest BCUT2D eigenvalue weighted by Crippen LogP contribution is -2.34. The van der Waals surface area contributed by atoms with E-state index in [1.807, 2.05) is 20.8 Å². The lowest BCUT2D eigenvalue weighted by Gasteiger charge is -2.20. The third kappa shape index (κ3) is 4.28. The van der Waals surface area contributed by atoms with Crippen molar-refractivity contribution in [2.24, 2.45) is 5.73 Å². The Morgan fingerprint density at radius 3 is 2.30 bits per heavy atom. The van der Waals surface area contributed by atoms with Gasteiger partial charge in [0.2, 0.25) is 10.0 Å². The van der Waals surface area contributed by atoms with Crippen LogP contribution in [0.2, 0.25) is 0 Å². The van der Waals surface area contributed by atoms with Gasteiger partial charge in [-0.1, -0.05) is 19.1 Å². The molecule has 114 valence electrons. The first-order chi connectivity index (χ1) is 9.43. The van der Waals surface area contributed by atoms with Gasteiger partial charge < -0.3 is 10.5 Å². The summed E-state index contributed by atoms with van der Waals surface area (Å²) in [6.07, 6.45) is 0. The molecule has 1 atom stereocenters. The molecule has 1 aromatic rings. The molecule has 0 fully saturated rings. The van der Waals surface area contributed by atoms with Crippen LogP contribution in [0.15, 0.2) is 29.2 Å². The van der Waals surface area contributed by atoms with Crippen LogP contribution in [-0.4, -0.2) is 39.0 Å². The molecule has 0 spiro atoms. The molecule has 0 heterocycles. The maximum Gasteiger partial charge on any atom is 0.243 e. The average Bonchev–Trinajstić information content (AvgIpc) is 2.43. The predicted octanol–water partition coefficient (Wildman–Crippen LogP) is 1.75. The zero-order valence-electron chi connectivity index (χ0n) is 12.4. The first-order valence-electron chi connectivity index (χ1n) is 6.86. The SMILES string of the molecule is CCOCCN(CC)S(=O)(=O)c1ccc(C(C)N)cc1. The maximum atomic E-state index is 12.5. The van der Waals surface area contributed by atoms with Crippen molar-refractivity contribution in [3.63, 3.8) is 0 Å². The largest absolute Gasteiger partial charge is 0.380 e. The van der Waals surface area contributed by atoms with Gasteiger partial charge in [0.25, 0.3) is 0 Å². The maximum absolute atomic E-state index is 12.5. The molecular formula is C14H24N2O3S. The summed E-state index contributed by atoms with van der Waals surface area (Å²) in [5.74, 6) is 0. The van der Waals surface area contributed by atoms with Crippen molar-refractivity contribution in [3.8, 4) is 0 Å². The summed E-state index contributed by atoms with van der Waals surface area (Å²) in [5.41, 5.74) is 6.68. The van der Waals surface area contributed by atoms with Gasteiger partial charge in [0, 0.05) is 25.7 Å². The number of likely N-dealkylation sites (N-methyl/N-ethyl adjacent to an activating group) is 1. The Morgan fingerprint density at radius 2 is 1.85 bits per heavy atom. The highest BCUT2D eigenvalue weighted by molar-refractivity contribution is 7.89. The summed E-state index contributed by atoms with van der Waals surface area (Å²) in [6, 6.07) is 6.63. The van der Waals surface area contributed by atoms with E-state index >= 15 is 0 Å². The Hall–Kier alpha value is -0.950. The molecule has 20 heavy (non-hydrogen) atoms. The van der Waals surface area contributed by atoms with E-state index in [1.54, 1.807) is 24.3 Å². The van der Waals surface area contributed by atoms with Crippen molar-refractivity contribution in [1.29, 1.82) is 0 Å². The second-order valence-corrected chi connectivity index (χ2v) is 6.49. The van der Waals surface area contributed by atoms with Crippen molar-refractivity contribution in [2.45, 2.75) is 31.7 Å². The Labute approximate surface area is 121 Å². The number of sulfonamides is 1. The van der Waals surface area contributed by atoms with Gasteiger partial charge in [0.05, 0.1) is 11.5 Å². The highest BCUT2D eigenvalue weighted by Crippen LogP contribution is 2.18. The summed E-state index contributed by atoms with van der Waals surface area (Å²) in [4.78, 5) is 0.292. The van der Waals surface area contributed by atoms with Crippen LogP contribution in [0, 0.1) is 0 Å². The first-order valence-corrected chi connectivity index (χ1v) is 8.30. The molecule has 1 rings (SSSR count). The number of ether oxygens (including phenoxy) is 1. The number of nitrogens with zero attached hydrogens (tertiary/aromatic N) is 1. The van der Waals surface area contributed by atoms with E-state index in [0.717, 1.165) is 5.56 Å². The molecule has 0 aromatic heterocycles. The highest BCUT2D eigenvalue weighted by Gasteiger charge is 2.22. The molecule has 2 N–H and O–H groups in total. The van der Waals surface area contributed by atoms with E-state index in [1.165, 1.54) is 4.31 Å². The molecule has 0 aliphatic heterocycles. The van der Waals surface area contributed by atoms with Crippen molar-refractivity contribution >= 4 is 10.0 Å². The van der Waals surface area contributed by atoms with Crippen molar-refractivity contribution in [1.82, 2.24) is 4.31 Å². The van der Waals surface area contributed by atoms with Gasteiger partial charge in [0.1, 0.15) is 0 Å². The second kappa shape index (κ2) is 7.73. The molecule has 0 aliphatic carbocycles. The lowest BCUT2D eigenvalue weighted by molar-refractivity contribution is 0.135. The van der Waals surface area contributed by atoms with E-state index in [-0.39, 0.29) is 6.04 Å². The molecule has 1 aromatic carbocycles. The standard InChI is InChI=1S/C14H24N2O3S/c1-4-16(10-11-19-5-2)20(17,18)14-8-6-13(7-9-14)12(3)15/h6-9,12H,4-5,10-11,15H2,1-3H3. The highest BCUT2D eigenvalue weighted by atomic mass is 32.2. The van der Waals surface area contributed by atoms with Crippen LogP contribution < -0.4 is 5.73 Å². The fraction of sp³-hybridized carbons (Fsp3) is 0.571. The Kier molecular flexibility index (Phi) is 6.61. The number of rotatable bonds is 8. The van der Waals surface area contributed by atoms with Crippen molar-refractivity contribution < 1.29 is 13.2 Å². The Balaban J connectivity index is 2.89. The molecule has 1 unspecified atom stereocenters. The molecule has 0 radical (unpaired) electrons. The van der Waals surface area contributed by atoms with Crippen molar-refractivity contribution in [3.05, 3.63) is 29.8 Å². The van der Waals surface area contributed by atoms with Crippen LogP contribution in [-0.2, 0) is 14.8 Å². The topological polar surface area (TPSA) is 72.6 Å². The van der Waals surface area contributed by atoms with Crippen LogP contribution in [0.25, 0.3) is 0 Å². The minimum absolute atomic E-state index is 0.105. The van der Waals surface area contributed by atoms with Gasteiger partial charge in [-0.3, -0.25) is 0 Å². The normalized spacial score (nSPS) is 13.7. The fourth-order valence-electron chi connectivity index (χ4n) is 1.85. The smallest absolute Gasteiger partial charge is 0.243 e. The molecular weight excluding hydrogens is 276 g/mol. The zero-order chi connectivity index (χ0) is 15.2. The first kappa shape index (κ1) is 17.1. The Morgan fingerprint density at radius 1 is 1.25 bits per heavy atom. The monoisotopic (exact) mass is 300 g/mol. The molecule has 0 saturated carbocycles. The van der Waals surface area contributed by atoms with E-state index in [2.05, 4.69) is 0 Å². The summed E-state index contributed by atoms with van der Waals surface area (Å²) < 4.78 is 31.6. The molecule has 0 saturated heterocycles. The molecule has 5 nitrogen and oxygen atoms in total. The van der Waals surface area contributed by atoms with Gasteiger partial charge in [-0.15, -0.1) is 0 Å². The third-order valence-corrected chi connectivity index (χ3v) is 5.07. The van der Waals surface area contributed by atoms with E-state index in [9.17, 15) is 8.42 Å². The van der Waals surface area contributed by atoms with Gasteiger partial charge in [-0.05, 0) is 31.5 Å². The predicted molar refractivity (Wildman–Crippen MR) is 80.0 cm³/mol. The van der Waals surface area contributed by atoms with E-state index in [0.29, 0.717) is 31.2 Å². The Bertz CT molecular complexity index is 498. The van der Waals surface area contributed by atoms with E-state index < -0.39 is 10.0 Å². The molecule has 0 aliphatic rings. The quantitative estimate of drug-likeness (QED) is 0.742. The minimum atomic E-state index is -3.46. The lowest BCUT2D eigenvalue weighted by atomic mass is 10.1. The van der Waals surface area contributed by atoms with E-state index in [4.69, 9.17) is 10.5 Å². The molecule has 0 amide bonds. The molecule has 6 heteroatoms. The summed E-state index contributed by atoms with van der Waals surface area (Å²) in [6.45, 7) is 7.34. The average molecular weight is 300 g/mol. The van der Waals surface area contributed by atoms with Crippen LogP contribution in [0.1, 0.15) is 32.4 Å². The summed E-state index contributed by atoms with van der Waals surface area (Å²) >= 11 is 0. The third-order valence-electron chi connectivity index (χ3n) is 3.09. The van der Waals surface area contributed by atoms with Crippen LogP contribution in [0.4, 0.5) is 0 Å². The molecule has 0 bridgehead atoms. The van der Waals surface area contributed by atoms with Crippen LogP contribution in [0.5, 0.6) is 0 Å². The summed E-state index contributed by atoms with van der Waals surface area (Å²) in [7, 11) is -3.46. The second-order valence-electron chi connectivity index (χ2n) is 4.55. The summed E-state index contributed by atoms with van der Waals surface area (Å²) in [5, 5.41) is 0.